The summed E-state index contributed by atoms with van der Waals surface area (Å²) in [6.07, 6.45) is 0. The summed E-state index contributed by atoms with van der Waals surface area (Å²) in [7, 11) is 0. The summed E-state index contributed by atoms with van der Waals surface area (Å²) in [6, 6.07) is 15.5. The van der Waals surface area contributed by atoms with Crippen LogP contribution in [0.1, 0.15) is 9.30 Å². The van der Waals surface area contributed by atoms with Crippen molar-refractivity contribution in [1.29, 1.82) is 0 Å². The first-order chi connectivity index (χ1) is 7.66. The molecule has 1 N–H and O–H groups in total. The highest BCUT2D eigenvalue weighted by molar-refractivity contribution is 9.24. The summed E-state index contributed by atoms with van der Waals surface area (Å²) in [5, 5.41) is 9.21. The van der Waals surface area contributed by atoms with E-state index in [-0.39, 0.29) is 3.74 Å². The van der Waals surface area contributed by atoms with Gasteiger partial charge in [0.05, 0.1) is 3.74 Å². The Morgan fingerprint density at radius 1 is 0.750 bits per heavy atom. The van der Waals surface area contributed by atoms with Crippen LogP contribution in [0.5, 0.6) is 5.75 Å². The number of benzene rings is 2. The molecule has 1 nitrogen and oxygen atoms in total. The molecule has 0 radical (unpaired) electrons. The zero-order valence-corrected chi connectivity index (χ0v) is 11.6. The maximum atomic E-state index is 9.21. The highest BCUT2D eigenvalue weighted by Crippen LogP contribution is 2.30. The van der Waals surface area contributed by atoms with Crippen LogP contribution in [-0.4, -0.2) is 5.11 Å². The standard InChI is InChI=1S/C13H10Br2O/c14-13(15)11-3-1-9(2-4-11)10-5-7-12(16)8-6-10/h1-8,13,16H. The van der Waals surface area contributed by atoms with E-state index in [0.29, 0.717) is 5.75 Å². The van der Waals surface area contributed by atoms with Gasteiger partial charge in [-0.2, -0.15) is 0 Å². The second kappa shape index (κ2) is 5.02. The number of phenols is 1. The zero-order chi connectivity index (χ0) is 11.5. The molecular weight excluding hydrogens is 332 g/mol. The van der Waals surface area contributed by atoms with E-state index in [1.54, 1.807) is 12.1 Å². The van der Waals surface area contributed by atoms with Gasteiger partial charge in [0.1, 0.15) is 5.75 Å². The van der Waals surface area contributed by atoms with Crippen molar-refractivity contribution in [1.82, 2.24) is 0 Å². The average molecular weight is 342 g/mol. The summed E-state index contributed by atoms with van der Waals surface area (Å²) in [5.41, 5.74) is 3.43. The summed E-state index contributed by atoms with van der Waals surface area (Å²) in [4.78, 5) is 0. The Morgan fingerprint density at radius 3 is 1.62 bits per heavy atom. The third-order valence-electron chi connectivity index (χ3n) is 2.36. The van der Waals surface area contributed by atoms with Crippen molar-refractivity contribution in [3.63, 3.8) is 0 Å². The van der Waals surface area contributed by atoms with Crippen LogP contribution in [0.3, 0.4) is 0 Å². The van der Waals surface area contributed by atoms with Crippen molar-refractivity contribution >= 4 is 31.9 Å². The molecule has 2 rings (SSSR count). The first-order valence-corrected chi connectivity index (χ1v) is 6.67. The van der Waals surface area contributed by atoms with Gasteiger partial charge in [0.2, 0.25) is 0 Å². The van der Waals surface area contributed by atoms with Gasteiger partial charge in [0.25, 0.3) is 0 Å². The van der Waals surface area contributed by atoms with Gasteiger partial charge < -0.3 is 5.11 Å². The Balaban J connectivity index is 2.31. The third-order valence-corrected chi connectivity index (χ3v) is 3.42. The molecule has 0 amide bonds. The van der Waals surface area contributed by atoms with Crippen LogP contribution in [0.2, 0.25) is 0 Å². The van der Waals surface area contributed by atoms with Crippen molar-refractivity contribution in [3.8, 4) is 16.9 Å². The van der Waals surface area contributed by atoms with Crippen LogP contribution in [-0.2, 0) is 0 Å². The topological polar surface area (TPSA) is 20.2 Å². The Morgan fingerprint density at radius 2 is 1.19 bits per heavy atom. The number of rotatable bonds is 2. The van der Waals surface area contributed by atoms with Crippen molar-refractivity contribution in [3.05, 3.63) is 54.1 Å². The largest absolute Gasteiger partial charge is 0.508 e. The summed E-state index contributed by atoms with van der Waals surface area (Å²) < 4.78 is 0.189. The van der Waals surface area contributed by atoms with Gasteiger partial charge in [-0.05, 0) is 28.8 Å². The monoisotopic (exact) mass is 340 g/mol. The number of hydrogen-bond acceptors (Lipinski definition) is 1. The molecule has 0 saturated carbocycles. The number of hydrogen-bond donors (Lipinski definition) is 1. The molecule has 0 fully saturated rings. The Kier molecular flexibility index (Phi) is 3.66. The first-order valence-electron chi connectivity index (χ1n) is 4.84. The van der Waals surface area contributed by atoms with Gasteiger partial charge in [-0.25, -0.2) is 0 Å². The second-order valence-corrected chi connectivity index (χ2v) is 6.53. The molecule has 0 aliphatic carbocycles. The zero-order valence-electron chi connectivity index (χ0n) is 8.40. The van der Waals surface area contributed by atoms with Crippen LogP contribution in [0.25, 0.3) is 11.1 Å². The maximum Gasteiger partial charge on any atom is 0.115 e. The molecule has 3 heteroatoms. The van der Waals surface area contributed by atoms with Crippen LogP contribution in [0.15, 0.2) is 48.5 Å². The third kappa shape index (κ3) is 2.66. The highest BCUT2D eigenvalue weighted by atomic mass is 79.9. The fraction of sp³-hybridized carbons (Fsp3) is 0.0769. The van der Waals surface area contributed by atoms with Gasteiger partial charge in [0, 0.05) is 0 Å². The maximum absolute atomic E-state index is 9.21. The normalized spacial score (nSPS) is 10.7. The lowest BCUT2D eigenvalue weighted by Crippen LogP contribution is -1.81. The molecular formula is C13H10Br2O. The van der Waals surface area contributed by atoms with E-state index in [2.05, 4.69) is 56.1 Å². The van der Waals surface area contributed by atoms with E-state index in [0.717, 1.165) is 11.1 Å². The number of halogens is 2. The quantitative estimate of drug-likeness (QED) is 0.774. The molecule has 0 spiro atoms. The predicted octanol–water partition coefficient (Wildman–Crippen LogP) is 4.85. The first kappa shape index (κ1) is 11.7. The summed E-state index contributed by atoms with van der Waals surface area (Å²) in [5.74, 6) is 0.293. The van der Waals surface area contributed by atoms with Crippen molar-refractivity contribution in [2.75, 3.05) is 0 Å². The van der Waals surface area contributed by atoms with E-state index in [9.17, 15) is 5.11 Å². The Labute approximate surface area is 111 Å². The summed E-state index contributed by atoms with van der Waals surface area (Å²) in [6.45, 7) is 0. The Hall–Kier alpha value is -0.800. The number of aromatic hydroxyl groups is 1. The lowest BCUT2D eigenvalue weighted by atomic mass is 10.0. The van der Waals surface area contributed by atoms with Gasteiger partial charge in [-0.15, -0.1) is 0 Å². The molecule has 82 valence electrons. The highest BCUT2D eigenvalue weighted by Gasteiger charge is 2.02. The van der Waals surface area contributed by atoms with Crippen LogP contribution < -0.4 is 0 Å². The minimum Gasteiger partial charge on any atom is -0.508 e. The molecule has 0 aliphatic rings. The average Bonchev–Trinajstić information content (AvgIpc) is 2.30. The Bertz CT molecular complexity index is 460. The fourth-order valence-corrected chi connectivity index (χ4v) is 2.09. The van der Waals surface area contributed by atoms with Gasteiger partial charge >= 0.3 is 0 Å². The van der Waals surface area contributed by atoms with Crippen LogP contribution in [0, 0.1) is 0 Å². The van der Waals surface area contributed by atoms with E-state index < -0.39 is 0 Å². The number of phenolic OH excluding ortho intramolecular Hbond substituents is 1. The number of alkyl halides is 2. The van der Waals surface area contributed by atoms with Gasteiger partial charge in [-0.1, -0.05) is 68.3 Å². The molecule has 16 heavy (non-hydrogen) atoms. The molecule has 2 aromatic rings. The molecule has 0 aliphatic heterocycles. The van der Waals surface area contributed by atoms with Crippen LogP contribution in [0.4, 0.5) is 0 Å². The minimum atomic E-state index is 0.189. The molecule has 0 atom stereocenters. The SMILES string of the molecule is Oc1ccc(-c2ccc(C(Br)Br)cc2)cc1. The van der Waals surface area contributed by atoms with E-state index >= 15 is 0 Å². The molecule has 0 heterocycles. The van der Waals surface area contributed by atoms with Crippen molar-refractivity contribution in [2.24, 2.45) is 0 Å². The van der Waals surface area contributed by atoms with E-state index in [1.807, 2.05) is 12.1 Å². The van der Waals surface area contributed by atoms with Crippen molar-refractivity contribution in [2.45, 2.75) is 3.74 Å². The minimum absolute atomic E-state index is 0.189. The van der Waals surface area contributed by atoms with Crippen LogP contribution >= 0.6 is 31.9 Å². The van der Waals surface area contributed by atoms with E-state index in [1.165, 1.54) is 5.56 Å². The predicted molar refractivity (Wildman–Crippen MR) is 74.1 cm³/mol. The molecule has 0 unspecified atom stereocenters. The van der Waals surface area contributed by atoms with Crippen molar-refractivity contribution < 1.29 is 5.11 Å². The molecule has 2 aromatic carbocycles. The lowest BCUT2D eigenvalue weighted by Gasteiger charge is -2.05. The smallest absolute Gasteiger partial charge is 0.115 e. The second-order valence-electron chi connectivity index (χ2n) is 3.47. The fourth-order valence-electron chi connectivity index (χ4n) is 1.47. The van der Waals surface area contributed by atoms with Gasteiger partial charge in [0.15, 0.2) is 0 Å². The van der Waals surface area contributed by atoms with Gasteiger partial charge in [-0.3, -0.25) is 0 Å². The van der Waals surface area contributed by atoms with E-state index in [4.69, 9.17) is 0 Å². The molecule has 0 aromatic heterocycles. The molecule has 0 bridgehead atoms. The molecule has 0 saturated heterocycles. The summed E-state index contributed by atoms with van der Waals surface area (Å²) >= 11 is 6.91. The lowest BCUT2D eigenvalue weighted by molar-refractivity contribution is 0.475.